The normalized spacial score (nSPS) is 18.3. The zero-order valence-corrected chi connectivity index (χ0v) is 13.0. The van der Waals surface area contributed by atoms with E-state index in [-0.39, 0.29) is 5.91 Å². The van der Waals surface area contributed by atoms with Crippen LogP contribution in [0.4, 0.5) is 0 Å². The third-order valence-corrected chi connectivity index (χ3v) is 3.98. The Morgan fingerprint density at radius 1 is 1.43 bits per heavy atom. The molecular formula is C17H25NO3. The van der Waals surface area contributed by atoms with E-state index >= 15 is 0 Å². The van der Waals surface area contributed by atoms with Crippen molar-refractivity contribution in [3.8, 4) is 5.75 Å². The first kappa shape index (κ1) is 15.8. The molecule has 1 aromatic carbocycles. The summed E-state index contributed by atoms with van der Waals surface area (Å²) in [6.45, 7) is 1.62. The van der Waals surface area contributed by atoms with Gasteiger partial charge in [-0.25, -0.2) is 0 Å². The molecule has 4 heteroatoms. The minimum Gasteiger partial charge on any atom is -0.497 e. The molecule has 0 bridgehead atoms. The van der Waals surface area contributed by atoms with Crippen LogP contribution in [-0.2, 0) is 16.0 Å². The molecule has 0 N–H and O–H groups in total. The molecule has 1 aliphatic heterocycles. The Bertz CT molecular complexity index is 455. The highest BCUT2D eigenvalue weighted by molar-refractivity contribution is 5.78. The fourth-order valence-corrected chi connectivity index (χ4v) is 2.59. The molecule has 116 valence electrons. The highest BCUT2D eigenvalue weighted by atomic mass is 16.5. The number of hydrogen-bond donors (Lipinski definition) is 0. The molecule has 1 atom stereocenters. The smallest absolute Gasteiger partial charge is 0.226 e. The van der Waals surface area contributed by atoms with Crippen molar-refractivity contribution in [1.82, 2.24) is 4.90 Å². The predicted octanol–water partition coefficient (Wildman–Crippen LogP) is 2.66. The number of ether oxygens (including phenoxy) is 2. The first-order valence-corrected chi connectivity index (χ1v) is 7.67. The number of hydrogen-bond acceptors (Lipinski definition) is 3. The number of benzene rings is 1. The van der Waals surface area contributed by atoms with E-state index in [1.807, 2.05) is 31.3 Å². The van der Waals surface area contributed by atoms with Gasteiger partial charge in [0.2, 0.25) is 5.91 Å². The van der Waals surface area contributed by atoms with Crippen LogP contribution in [0.5, 0.6) is 5.75 Å². The number of amides is 1. The van der Waals surface area contributed by atoms with Gasteiger partial charge in [0.05, 0.1) is 19.6 Å². The van der Waals surface area contributed by atoms with Gasteiger partial charge in [0.15, 0.2) is 0 Å². The summed E-state index contributed by atoms with van der Waals surface area (Å²) in [5.74, 6) is 0.928. The number of nitrogens with zero attached hydrogens (tertiary/aromatic N) is 1. The lowest BCUT2D eigenvalue weighted by Gasteiger charge is -2.25. The van der Waals surface area contributed by atoms with Crippen LogP contribution in [0.3, 0.4) is 0 Å². The summed E-state index contributed by atoms with van der Waals surface area (Å²) in [6.07, 6.45) is 5.20. The van der Waals surface area contributed by atoms with Crippen molar-refractivity contribution in [3.05, 3.63) is 29.8 Å². The molecule has 1 unspecified atom stereocenters. The standard InChI is InChI=1S/C17H25NO3/c1-18(10-9-15-7-3-4-11-21-15)17(19)13-14-6-5-8-16(12-14)20-2/h5-6,8,12,15H,3-4,7,9-11,13H2,1-2H3. The molecule has 1 saturated heterocycles. The summed E-state index contributed by atoms with van der Waals surface area (Å²) >= 11 is 0. The zero-order chi connectivity index (χ0) is 15.1. The molecule has 1 aliphatic rings. The molecule has 21 heavy (non-hydrogen) atoms. The quantitative estimate of drug-likeness (QED) is 0.809. The van der Waals surface area contributed by atoms with E-state index in [4.69, 9.17) is 9.47 Å². The lowest BCUT2D eigenvalue weighted by atomic mass is 10.1. The summed E-state index contributed by atoms with van der Waals surface area (Å²) in [5.41, 5.74) is 0.986. The Balaban J connectivity index is 1.78. The second kappa shape index (κ2) is 8.03. The van der Waals surface area contributed by atoms with Crippen LogP contribution in [-0.4, -0.2) is 44.2 Å². The molecule has 4 nitrogen and oxygen atoms in total. The minimum atomic E-state index is 0.138. The molecule has 0 aromatic heterocycles. The summed E-state index contributed by atoms with van der Waals surface area (Å²) in [7, 11) is 3.50. The van der Waals surface area contributed by atoms with Crippen LogP contribution in [0, 0.1) is 0 Å². The molecule has 0 radical (unpaired) electrons. The van der Waals surface area contributed by atoms with E-state index in [0.29, 0.717) is 12.5 Å². The summed E-state index contributed by atoms with van der Waals surface area (Å²) in [5, 5.41) is 0. The molecular weight excluding hydrogens is 266 g/mol. The van der Waals surface area contributed by atoms with Gasteiger partial charge in [0.1, 0.15) is 5.75 Å². The topological polar surface area (TPSA) is 38.8 Å². The average Bonchev–Trinajstić information content (AvgIpc) is 2.53. The van der Waals surface area contributed by atoms with Gasteiger partial charge in [-0.05, 0) is 43.4 Å². The Labute approximate surface area is 127 Å². The van der Waals surface area contributed by atoms with Gasteiger partial charge >= 0.3 is 0 Å². The van der Waals surface area contributed by atoms with Gasteiger partial charge < -0.3 is 14.4 Å². The van der Waals surface area contributed by atoms with E-state index in [9.17, 15) is 4.79 Å². The Morgan fingerprint density at radius 2 is 2.29 bits per heavy atom. The fourth-order valence-electron chi connectivity index (χ4n) is 2.59. The number of likely N-dealkylation sites (N-methyl/N-ethyl adjacent to an activating group) is 1. The van der Waals surface area contributed by atoms with Crippen molar-refractivity contribution < 1.29 is 14.3 Å². The van der Waals surface area contributed by atoms with Gasteiger partial charge in [-0.1, -0.05) is 12.1 Å². The van der Waals surface area contributed by atoms with Crippen molar-refractivity contribution in [2.45, 2.75) is 38.2 Å². The lowest BCUT2D eigenvalue weighted by molar-refractivity contribution is -0.129. The maximum absolute atomic E-state index is 12.2. The molecule has 0 saturated carbocycles. The van der Waals surface area contributed by atoms with Gasteiger partial charge in [0, 0.05) is 20.2 Å². The fraction of sp³-hybridized carbons (Fsp3) is 0.588. The molecule has 1 fully saturated rings. The lowest BCUT2D eigenvalue weighted by Crippen LogP contribution is -2.32. The third kappa shape index (κ3) is 5.05. The molecule has 1 amide bonds. The number of carbonyl (C=O) groups excluding carboxylic acids is 1. The summed E-state index contributed by atoms with van der Waals surface area (Å²) in [6, 6.07) is 7.67. The van der Waals surface area contributed by atoms with Crippen LogP contribution < -0.4 is 4.74 Å². The van der Waals surface area contributed by atoms with Gasteiger partial charge in [-0.3, -0.25) is 4.79 Å². The average molecular weight is 291 g/mol. The van der Waals surface area contributed by atoms with Crippen LogP contribution >= 0.6 is 0 Å². The maximum Gasteiger partial charge on any atom is 0.226 e. The van der Waals surface area contributed by atoms with E-state index in [2.05, 4.69) is 0 Å². The largest absolute Gasteiger partial charge is 0.497 e. The molecule has 0 spiro atoms. The van der Waals surface area contributed by atoms with Crippen molar-refractivity contribution >= 4 is 5.91 Å². The predicted molar refractivity (Wildman–Crippen MR) is 82.5 cm³/mol. The first-order valence-electron chi connectivity index (χ1n) is 7.67. The van der Waals surface area contributed by atoms with E-state index in [1.165, 1.54) is 12.8 Å². The van der Waals surface area contributed by atoms with E-state index < -0.39 is 0 Å². The van der Waals surface area contributed by atoms with Crippen LogP contribution in [0.15, 0.2) is 24.3 Å². The molecule has 0 aliphatic carbocycles. The molecule has 1 heterocycles. The van der Waals surface area contributed by atoms with E-state index in [1.54, 1.807) is 12.0 Å². The molecule has 2 rings (SSSR count). The number of carbonyl (C=O) groups is 1. The second-order valence-corrected chi connectivity index (χ2v) is 5.62. The second-order valence-electron chi connectivity index (χ2n) is 5.62. The van der Waals surface area contributed by atoms with Crippen molar-refractivity contribution in [2.24, 2.45) is 0 Å². The SMILES string of the molecule is COc1cccc(CC(=O)N(C)CCC2CCCCO2)c1. The van der Waals surface area contributed by atoms with Gasteiger partial charge in [0.25, 0.3) is 0 Å². The van der Waals surface area contributed by atoms with Crippen molar-refractivity contribution in [2.75, 3.05) is 27.3 Å². The highest BCUT2D eigenvalue weighted by Gasteiger charge is 2.16. The number of rotatable bonds is 6. The summed E-state index contributed by atoms with van der Waals surface area (Å²) in [4.78, 5) is 14.0. The van der Waals surface area contributed by atoms with Crippen LogP contribution in [0.25, 0.3) is 0 Å². The Morgan fingerprint density at radius 3 is 3.00 bits per heavy atom. The van der Waals surface area contributed by atoms with Crippen molar-refractivity contribution in [1.29, 1.82) is 0 Å². The van der Waals surface area contributed by atoms with Crippen LogP contribution in [0.1, 0.15) is 31.2 Å². The third-order valence-electron chi connectivity index (χ3n) is 3.98. The van der Waals surface area contributed by atoms with Crippen LogP contribution in [0.2, 0.25) is 0 Å². The molecule has 1 aromatic rings. The maximum atomic E-state index is 12.2. The number of methoxy groups -OCH3 is 1. The minimum absolute atomic E-state index is 0.138. The Hall–Kier alpha value is -1.55. The van der Waals surface area contributed by atoms with Crippen molar-refractivity contribution in [3.63, 3.8) is 0 Å². The monoisotopic (exact) mass is 291 g/mol. The summed E-state index contributed by atoms with van der Waals surface area (Å²) < 4.78 is 10.9. The Kier molecular flexibility index (Phi) is 6.05. The van der Waals surface area contributed by atoms with E-state index in [0.717, 1.165) is 37.3 Å². The highest BCUT2D eigenvalue weighted by Crippen LogP contribution is 2.16. The zero-order valence-electron chi connectivity index (χ0n) is 13.0. The van der Waals surface area contributed by atoms with Gasteiger partial charge in [-0.15, -0.1) is 0 Å². The first-order chi connectivity index (χ1) is 10.2. The van der Waals surface area contributed by atoms with Gasteiger partial charge in [-0.2, -0.15) is 0 Å².